The number of carbonyl (C=O) groups excluding carboxylic acids is 1. The van der Waals surface area contributed by atoms with Crippen molar-refractivity contribution in [2.75, 3.05) is 44.2 Å². The summed E-state index contributed by atoms with van der Waals surface area (Å²) in [5.74, 6) is 0.0968. The van der Waals surface area contributed by atoms with Crippen molar-refractivity contribution in [2.45, 2.75) is 26.8 Å². The molecule has 1 aromatic carbocycles. The third kappa shape index (κ3) is 5.71. The van der Waals surface area contributed by atoms with Gasteiger partial charge in [-0.15, -0.1) is 0 Å². The fraction of sp³-hybridized carbons (Fsp3) is 0.500. The summed E-state index contributed by atoms with van der Waals surface area (Å²) >= 11 is 6.08. The number of anilines is 1. The molecule has 0 bridgehead atoms. The molecule has 0 spiro atoms. The highest BCUT2D eigenvalue weighted by atomic mass is 35.5. The number of hydrogen-bond acceptors (Lipinski definition) is 4. The van der Waals surface area contributed by atoms with Crippen molar-refractivity contribution in [3.8, 4) is 0 Å². The number of nitrogens with one attached hydrogen (secondary N) is 1. The number of aromatic nitrogens is 2. The number of nitrogens with zero attached hydrogens (tertiary/aromatic N) is 4. The lowest BCUT2D eigenvalue weighted by atomic mass is 10.2. The SMILES string of the molecule is Cc1cc(C)n(CCCNC(=O)CN2CCN(c3cccc(Cl)c3)CC2)n1. The minimum Gasteiger partial charge on any atom is -0.369 e. The molecule has 0 atom stereocenters. The lowest BCUT2D eigenvalue weighted by Crippen LogP contribution is -2.49. The first-order chi connectivity index (χ1) is 13.0. The van der Waals surface area contributed by atoms with Gasteiger partial charge >= 0.3 is 0 Å². The van der Waals surface area contributed by atoms with Crippen molar-refractivity contribution in [1.82, 2.24) is 20.0 Å². The molecule has 1 fully saturated rings. The molecule has 0 radical (unpaired) electrons. The van der Waals surface area contributed by atoms with Crippen LogP contribution >= 0.6 is 11.6 Å². The number of halogens is 1. The predicted molar refractivity (Wildman–Crippen MR) is 109 cm³/mol. The summed E-state index contributed by atoms with van der Waals surface area (Å²) in [5.41, 5.74) is 3.35. The Bertz CT molecular complexity index is 767. The summed E-state index contributed by atoms with van der Waals surface area (Å²) in [6.07, 6.45) is 0.885. The topological polar surface area (TPSA) is 53.4 Å². The molecule has 7 heteroatoms. The van der Waals surface area contributed by atoms with E-state index in [0.29, 0.717) is 13.1 Å². The van der Waals surface area contributed by atoms with Crippen molar-refractivity contribution in [2.24, 2.45) is 0 Å². The van der Waals surface area contributed by atoms with E-state index in [1.807, 2.05) is 29.8 Å². The smallest absolute Gasteiger partial charge is 0.234 e. The van der Waals surface area contributed by atoms with Gasteiger partial charge in [0, 0.05) is 55.7 Å². The second-order valence-corrected chi connectivity index (χ2v) is 7.53. The van der Waals surface area contributed by atoms with Gasteiger partial charge in [-0.05, 0) is 44.5 Å². The summed E-state index contributed by atoms with van der Waals surface area (Å²) in [7, 11) is 0. The van der Waals surface area contributed by atoms with Crippen LogP contribution in [0.4, 0.5) is 5.69 Å². The zero-order valence-electron chi connectivity index (χ0n) is 16.1. The van der Waals surface area contributed by atoms with E-state index in [4.69, 9.17) is 11.6 Å². The Labute approximate surface area is 166 Å². The largest absolute Gasteiger partial charge is 0.369 e. The van der Waals surface area contributed by atoms with Crippen molar-refractivity contribution in [3.63, 3.8) is 0 Å². The Kier molecular flexibility index (Phi) is 6.74. The van der Waals surface area contributed by atoms with Crippen LogP contribution in [0.1, 0.15) is 17.8 Å². The maximum absolute atomic E-state index is 12.2. The number of amides is 1. The highest BCUT2D eigenvalue weighted by Crippen LogP contribution is 2.20. The van der Waals surface area contributed by atoms with Crippen LogP contribution in [0, 0.1) is 13.8 Å². The Morgan fingerprint density at radius 2 is 1.96 bits per heavy atom. The van der Waals surface area contributed by atoms with Crippen LogP contribution in [0.15, 0.2) is 30.3 Å². The maximum Gasteiger partial charge on any atom is 0.234 e. The molecule has 0 saturated carbocycles. The van der Waals surface area contributed by atoms with Gasteiger partial charge in [-0.3, -0.25) is 14.4 Å². The quantitative estimate of drug-likeness (QED) is 0.739. The molecule has 1 saturated heterocycles. The van der Waals surface area contributed by atoms with E-state index in [2.05, 4.69) is 39.3 Å². The van der Waals surface area contributed by atoms with Crippen LogP contribution < -0.4 is 10.2 Å². The average Bonchev–Trinajstić information content (AvgIpc) is 2.97. The van der Waals surface area contributed by atoms with Gasteiger partial charge in [0.15, 0.2) is 0 Å². The second-order valence-electron chi connectivity index (χ2n) is 7.10. The maximum atomic E-state index is 12.2. The normalized spacial score (nSPS) is 15.1. The molecular formula is C20H28ClN5O. The van der Waals surface area contributed by atoms with Gasteiger partial charge in [-0.25, -0.2) is 0 Å². The van der Waals surface area contributed by atoms with Crippen molar-refractivity contribution in [3.05, 3.63) is 46.7 Å². The molecule has 1 N–H and O–H groups in total. The molecule has 27 heavy (non-hydrogen) atoms. The summed E-state index contributed by atoms with van der Waals surface area (Å²) < 4.78 is 2.00. The Morgan fingerprint density at radius 1 is 1.19 bits per heavy atom. The van der Waals surface area contributed by atoms with Crippen molar-refractivity contribution in [1.29, 1.82) is 0 Å². The van der Waals surface area contributed by atoms with E-state index >= 15 is 0 Å². The second kappa shape index (κ2) is 9.24. The fourth-order valence-corrected chi connectivity index (χ4v) is 3.64. The first-order valence-corrected chi connectivity index (χ1v) is 9.90. The Morgan fingerprint density at radius 3 is 2.63 bits per heavy atom. The molecular weight excluding hydrogens is 362 g/mol. The summed E-state index contributed by atoms with van der Waals surface area (Å²) in [6.45, 7) is 9.61. The Hall–Kier alpha value is -2.05. The van der Waals surface area contributed by atoms with E-state index in [-0.39, 0.29) is 5.91 Å². The highest BCUT2D eigenvalue weighted by Gasteiger charge is 2.19. The summed E-state index contributed by atoms with van der Waals surface area (Å²) in [5, 5.41) is 8.22. The van der Waals surface area contributed by atoms with E-state index in [0.717, 1.165) is 61.2 Å². The highest BCUT2D eigenvalue weighted by molar-refractivity contribution is 6.30. The molecule has 1 aliphatic heterocycles. The van der Waals surface area contributed by atoms with Gasteiger partial charge in [0.05, 0.1) is 12.2 Å². The Balaban J connectivity index is 1.34. The van der Waals surface area contributed by atoms with E-state index < -0.39 is 0 Å². The minimum atomic E-state index is 0.0968. The van der Waals surface area contributed by atoms with Crippen molar-refractivity contribution < 1.29 is 4.79 Å². The van der Waals surface area contributed by atoms with Crippen LogP contribution in [0.3, 0.4) is 0 Å². The number of carbonyl (C=O) groups is 1. The van der Waals surface area contributed by atoms with Crippen LogP contribution in [0.25, 0.3) is 0 Å². The van der Waals surface area contributed by atoms with Crippen LogP contribution in [0.5, 0.6) is 0 Å². The number of benzene rings is 1. The number of hydrogen-bond donors (Lipinski definition) is 1. The standard InChI is InChI=1S/C20H28ClN5O/c1-16-13-17(2)26(23-16)8-4-7-22-20(27)15-24-9-11-25(12-10-24)19-6-3-5-18(21)14-19/h3,5-6,13-14H,4,7-12,15H2,1-2H3,(H,22,27). The van der Waals surface area contributed by atoms with Gasteiger partial charge in [0.25, 0.3) is 0 Å². The van der Waals surface area contributed by atoms with Crippen LogP contribution in [-0.2, 0) is 11.3 Å². The van der Waals surface area contributed by atoms with Gasteiger partial charge in [-0.1, -0.05) is 17.7 Å². The van der Waals surface area contributed by atoms with Gasteiger partial charge in [-0.2, -0.15) is 5.10 Å². The number of aryl methyl sites for hydroxylation is 3. The molecule has 2 heterocycles. The average molecular weight is 390 g/mol. The van der Waals surface area contributed by atoms with Crippen molar-refractivity contribution >= 4 is 23.2 Å². The van der Waals surface area contributed by atoms with Gasteiger partial charge in [0.1, 0.15) is 0 Å². The van der Waals surface area contributed by atoms with E-state index in [1.165, 1.54) is 0 Å². The molecule has 0 aliphatic carbocycles. The van der Waals surface area contributed by atoms with Crippen LogP contribution in [0.2, 0.25) is 5.02 Å². The lowest BCUT2D eigenvalue weighted by molar-refractivity contribution is -0.122. The molecule has 6 nitrogen and oxygen atoms in total. The van der Waals surface area contributed by atoms with Crippen LogP contribution in [-0.4, -0.2) is 59.9 Å². The molecule has 146 valence electrons. The first kappa shape index (κ1) is 19.7. The van der Waals surface area contributed by atoms with Gasteiger partial charge < -0.3 is 10.2 Å². The number of piperazine rings is 1. The first-order valence-electron chi connectivity index (χ1n) is 9.52. The summed E-state index contributed by atoms with van der Waals surface area (Å²) in [6, 6.07) is 10.0. The third-order valence-corrected chi connectivity index (χ3v) is 5.12. The molecule has 1 amide bonds. The van der Waals surface area contributed by atoms with E-state index in [1.54, 1.807) is 0 Å². The zero-order chi connectivity index (χ0) is 19.2. The lowest BCUT2D eigenvalue weighted by Gasteiger charge is -2.35. The van der Waals surface area contributed by atoms with E-state index in [9.17, 15) is 4.79 Å². The summed E-state index contributed by atoms with van der Waals surface area (Å²) in [4.78, 5) is 16.7. The predicted octanol–water partition coefficient (Wildman–Crippen LogP) is 2.48. The molecule has 2 aromatic rings. The molecule has 0 unspecified atom stereocenters. The molecule has 1 aliphatic rings. The molecule has 3 rings (SSSR count). The fourth-order valence-electron chi connectivity index (χ4n) is 3.45. The minimum absolute atomic E-state index is 0.0968. The zero-order valence-corrected chi connectivity index (χ0v) is 16.9. The number of rotatable bonds is 7. The van der Waals surface area contributed by atoms with Gasteiger partial charge in [0.2, 0.25) is 5.91 Å². The monoisotopic (exact) mass is 389 g/mol. The third-order valence-electron chi connectivity index (χ3n) is 4.89. The molecule has 1 aromatic heterocycles.